The van der Waals surface area contributed by atoms with Crippen LogP contribution in [0.15, 0.2) is 24.3 Å². The summed E-state index contributed by atoms with van der Waals surface area (Å²) in [5.41, 5.74) is 7.09. The second-order valence-corrected chi connectivity index (χ2v) is 5.70. The molecule has 0 aliphatic rings. The van der Waals surface area contributed by atoms with E-state index in [4.69, 9.17) is 10.5 Å². The molecule has 1 rings (SSSR count). The number of nitrogens with two attached hydrogens (primary N) is 1. The summed E-state index contributed by atoms with van der Waals surface area (Å²) in [5.74, 6) is 0.121. The number of carbonyl (C=O) groups is 1. The summed E-state index contributed by atoms with van der Waals surface area (Å²) in [7, 11) is 1.64. The number of nitrogen functional groups attached to an aromatic ring is 1. The zero-order valence-corrected chi connectivity index (χ0v) is 13.0. The number of anilines is 1. The molecule has 1 aromatic rings. The van der Waals surface area contributed by atoms with Crippen molar-refractivity contribution in [3.63, 3.8) is 0 Å². The van der Waals surface area contributed by atoms with Crippen LogP contribution in [0.4, 0.5) is 5.69 Å². The van der Waals surface area contributed by atoms with Crippen LogP contribution in [-0.2, 0) is 16.1 Å². The summed E-state index contributed by atoms with van der Waals surface area (Å²) in [6, 6.07) is 7.66. The highest BCUT2D eigenvalue weighted by atomic mass is 16.5. The van der Waals surface area contributed by atoms with E-state index in [0.29, 0.717) is 13.0 Å². The average Bonchev–Trinajstić information content (AvgIpc) is 2.40. The van der Waals surface area contributed by atoms with Gasteiger partial charge in [0.05, 0.1) is 12.0 Å². The lowest BCUT2D eigenvalue weighted by Crippen LogP contribution is -2.37. The van der Waals surface area contributed by atoms with E-state index in [1.807, 2.05) is 43.0 Å². The molecule has 0 aliphatic carbocycles. The third-order valence-electron chi connectivity index (χ3n) is 3.33. The van der Waals surface area contributed by atoms with Gasteiger partial charge in [0.15, 0.2) is 0 Å². The van der Waals surface area contributed by atoms with E-state index < -0.39 is 5.60 Å². The number of nitrogens with zero attached hydrogens (tertiary/aromatic N) is 1. The molecule has 112 valence electrons. The minimum absolute atomic E-state index is 0.121. The monoisotopic (exact) mass is 278 g/mol. The van der Waals surface area contributed by atoms with Crippen molar-refractivity contribution in [3.05, 3.63) is 29.8 Å². The number of hydrogen-bond donors (Lipinski definition) is 1. The third kappa shape index (κ3) is 5.21. The Labute approximate surface area is 121 Å². The van der Waals surface area contributed by atoms with Gasteiger partial charge >= 0.3 is 0 Å². The first-order chi connectivity index (χ1) is 9.38. The molecule has 0 fully saturated rings. The SMILES string of the molecule is CCCN(Cc1ccc(N)cc1)C(=O)CC(C)(C)OC. The van der Waals surface area contributed by atoms with E-state index in [-0.39, 0.29) is 5.91 Å². The zero-order chi connectivity index (χ0) is 15.2. The van der Waals surface area contributed by atoms with Gasteiger partial charge in [0.1, 0.15) is 0 Å². The Morgan fingerprint density at radius 2 is 1.90 bits per heavy atom. The maximum absolute atomic E-state index is 12.4. The Morgan fingerprint density at radius 3 is 2.40 bits per heavy atom. The number of rotatable bonds is 7. The van der Waals surface area contributed by atoms with E-state index in [0.717, 1.165) is 24.2 Å². The van der Waals surface area contributed by atoms with Crippen LogP contribution in [0.25, 0.3) is 0 Å². The maximum atomic E-state index is 12.4. The van der Waals surface area contributed by atoms with Crippen LogP contribution >= 0.6 is 0 Å². The second kappa shape index (κ2) is 7.29. The molecule has 2 N–H and O–H groups in total. The smallest absolute Gasteiger partial charge is 0.225 e. The topological polar surface area (TPSA) is 55.6 Å². The maximum Gasteiger partial charge on any atom is 0.225 e. The first kappa shape index (κ1) is 16.5. The van der Waals surface area contributed by atoms with Crippen LogP contribution in [0.1, 0.15) is 39.2 Å². The van der Waals surface area contributed by atoms with Gasteiger partial charge in [0, 0.05) is 25.9 Å². The summed E-state index contributed by atoms with van der Waals surface area (Å²) < 4.78 is 5.34. The van der Waals surface area contributed by atoms with Crippen LogP contribution in [0, 0.1) is 0 Å². The van der Waals surface area contributed by atoms with Crippen molar-refractivity contribution in [2.75, 3.05) is 19.4 Å². The van der Waals surface area contributed by atoms with Gasteiger partial charge in [-0.3, -0.25) is 4.79 Å². The van der Waals surface area contributed by atoms with Gasteiger partial charge in [0.25, 0.3) is 0 Å². The molecular weight excluding hydrogens is 252 g/mol. The van der Waals surface area contributed by atoms with Gasteiger partial charge in [-0.1, -0.05) is 19.1 Å². The van der Waals surface area contributed by atoms with E-state index in [1.54, 1.807) is 7.11 Å². The quantitative estimate of drug-likeness (QED) is 0.780. The largest absolute Gasteiger partial charge is 0.399 e. The van der Waals surface area contributed by atoms with Crippen molar-refractivity contribution in [3.8, 4) is 0 Å². The van der Waals surface area contributed by atoms with Crippen molar-refractivity contribution in [2.24, 2.45) is 0 Å². The van der Waals surface area contributed by atoms with Crippen LogP contribution in [0.2, 0.25) is 0 Å². The Balaban J connectivity index is 2.73. The number of amides is 1. The lowest BCUT2D eigenvalue weighted by molar-refractivity contribution is -0.137. The predicted molar refractivity (Wildman–Crippen MR) is 82.3 cm³/mol. The lowest BCUT2D eigenvalue weighted by atomic mass is 10.0. The molecule has 0 bridgehead atoms. The van der Waals surface area contributed by atoms with E-state index in [1.165, 1.54) is 0 Å². The number of methoxy groups -OCH3 is 1. The van der Waals surface area contributed by atoms with E-state index in [2.05, 4.69) is 6.92 Å². The fourth-order valence-corrected chi connectivity index (χ4v) is 1.95. The standard InChI is InChI=1S/C16H26N2O2/c1-5-10-18(15(19)11-16(2,3)20-4)12-13-6-8-14(17)9-7-13/h6-9H,5,10-12,17H2,1-4H3. The minimum Gasteiger partial charge on any atom is -0.399 e. The summed E-state index contributed by atoms with van der Waals surface area (Å²) in [6.07, 6.45) is 1.33. The van der Waals surface area contributed by atoms with E-state index in [9.17, 15) is 4.79 Å². The molecule has 4 heteroatoms. The fraction of sp³-hybridized carbons (Fsp3) is 0.562. The molecule has 0 aromatic heterocycles. The summed E-state index contributed by atoms with van der Waals surface area (Å²) in [5, 5.41) is 0. The molecule has 1 amide bonds. The summed E-state index contributed by atoms with van der Waals surface area (Å²) in [4.78, 5) is 14.3. The first-order valence-electron chi connectivity index (χ1n) is 7.05. The first-order valence-corrected chi connectivity index (χ1v) is 7.05. The molecule has 0 radical (unpaired) electrons. The molecule has 0 spiro atoms. The Morgan fingerprint density at radius 1 is 1.30 bits per heavy atom. The molecule has 4 nitrogen and oxygen atoms in total. The number of ether oxygens (including phenoxy) is 1. The molecule has 20 heavy (non-hydrogen) atoms. The van der Waals surface area contributed by atoms with Gasteiger partial charge in [-0.05, 0) is 38.0 Å². The molecule has 0 saturated heterocycles. The Bertz CT molecular complexity index is 427. The molecule has 0 aliphatic heterocycles. The third-order valence-corrected chi connectivity index (χ3v) is 3.33. The normalized spacial score (nSPS) is 11.4. The van der Waals surface area contributed by atoms with Crippen molar-refractivity contribution < 1.29 is 9.53 Å². The van der Waals surface area contributed by atoms with Crippen LogP contribution in [-0.4, -0.2) is 30.1 Å². The molecular formula is C16H26N2O2. The van der Waals surface area contributed by atoms with Crippen molar-refractivity contribution in [1.29, 1.82) is 0 Å². The number of benzene rings is 1. The number of hydrogen-bond acceptors (Lipinski definition) is 3. The van der Waals surface area contributed by atoms with Crippen LogP contribution in [0.3, 0.4) is 0 Å². The fourth-order valence-electron chi connectivity index (χ4n) is 1.95. The van der Waals surface area contributed by atoms with Gasteiger partial charge in [-0.15, -0.1) is 0 Å². The van der Waals surface area contributed by atoms with Gasteiger partial charge in [0.2, 0.25) is 5.91 Å². The number of carbonyl (C=O) groups excluding carboxylic acids is 1. The molecule has 1 aromatic carbocycles. The zero-order valence-electron chi connectivity index (χ0n) is 13.0. The Hall–Kier alpha value is -1.55. The molecule has 0 saturated carbocycles. The molecule has 0 unspecified atom stereocenters. The van der Waals surface area contributed by atoms with Crippen molar-refractivity contribution >= 4 is 11.6 Å². The summed E-state index contributed by atoms with van der Waals surface area (Å²) in [6.45, 7) is 7.30. The highest BCUT2D eigenvalue weighted by Crippen LogP contribution is 2.17. The average molecular weight is 278 g/mol. The van der Waals surface area contributed by atoms with Gasteiger partial charge < -0.3 is 15.4 Å². The van der Waals surface area contributed by atoms with Gasteiger partial charge in [-0.25, -0.2) is 0 Å². The lowest BCUT2D eigenvalue weighted by Gasteiger charge is -2.28. The van der Waals surface area contributed by atoms with Crippen LogP contribution in [0.5, 0.6) is 0 Å². The highest BCUT2D eigenvalue weighted by molar-refractivity contribution is 5.77. The minimum atomic E-state index is -0.426. The highest BCUT2D eigenvalue weighted by Gasteiger charge is 2.24. The van der Waals surface area contributed by atoms with Crippen LogP contribution < -0.4 is 5.73 Å². The van der Waals surface area contributed by atoms with Crippen molar-refractivity contribution in [1.82, 2.24) is 4.90 Å². The van der Waals surface area contributed by atoms with Crippen molar-refractivity contribution in [2.45, 2.75) is 45.8 Å². The predicted octanol–water partition coefficient (Wildman–Crippen LogP) is 2.82. The Kier molecular flexibility index (Phi) is 6.02. The summed E-state index contributed by atoms with van der Waals surface area (Å²) >= 11 is 0. The van der Waals surface area contributed by atoms with Gasteiger partial charge in [-0.2, -0.15) is 0 Å². The molecule has 0 atom stereocenters. The van der Waals surface area contributed by atoms with E-state index >= 15 is 0 Å². The molecule has 0 heterocycles. The second-order valence-electron chi connectivity index (χ2n) is 5.70.